The van der Waals surface area contributed by atoms with Crippen molar-refractivity contribution in [3.8, 4) is 5.88 Å². The molecule has 0 bridgehead atoms. The number of benzene rings is 2. The topological polar surface area (TPSA) is 158 Å². The minimum Gasteiger partial charge on any atom is -0.493 e. The first-order chi connectivity index (χ1) is 11.8. The zero-order valence-electron chi connectivity index (χ0n) is 12.5. The molecule has 0 aliphatic heterocycles. The van der Waals surface area contributed by atoms with Crippen molar-refractivity contribution < 1.29 is 23.4 Å². The number of nitrogens with two attached hydrogens (primary N) is 1. The van der Waals surface area contributed by atoms with Crippen molar-refractivity contribution in [3.63, 3.8) is 0 Å². The number of aromatic hydroxyl groups is 1. The van der Waals surface area contributed by atoms with Crippen LogP contribution in [0.4, 0.5) is 11.4 Å². The number of fused-ring (bicyclic) bond motifs is 1. The average molecular weight is 360 g/mol. The van der Waals surface area contributed by atoms with Gasteiger partial charge < -0.3 is 15.2 Å². The maximum atomic E-state index is 11.2. The van der Waals surface area contributed by atoms with Gasteiger partial charge in [-0.1, -0.05) is 0 Å². The van der Waals surface area contributed by atoms with Crippen molar-refractivity contribution in [3.05, 3.63) is 48.0 Å². The number of carboxylic acids is 1. The molecule has 5 N–H and O–H groups in total. The number of primary sulfonamides is 1. The second kappa shape index (κ2) is 6.00. The molecule has 2 aromatic carbocycles. The quantitative estimate of drug-likeness (QED) is 0.526. The number of aromatic amines is 1. The van der Waals surface area contributed by atoms with Crippen molar-refractivity contribution in [1.82, 2.24) is 4.98 Å². The summed E-state index contributed by atoms with van der Waals surface area (Å²) in [7, 11) is -3.80. The van der Waals surface area contributed by atoms with Crippen LogP contribution in [0.15, 0.2) is 57.6 Å². The molecule has 3 rings (SSSR count). The Morgan fingerprint density at radius 2 is 1.76 bits per heavy atom. The number of azo groups is 1. The number of carboxylic acid groups (broad SMARTS) is 1. The van der Waals surface area contributed by atoms with E-state index in [0.717, 1.165) is 0 Å². The highest BCUT2D eigenvalue weighted by Gasteiger charge is 2.13. The second-order valence-electron chi connectivity index (χ2n) is 5.13. The number of rotatable bonds is 4. The van der Waals surface area contributed by atoms with Crippen LogP contribution in [-0.2, 0) is 10.0 Å². The van der Waals surface area contributed by atoms with E-state index in [1.165, 1.54) is 42.5 Å². The molecule has 0 unspecified atom stereocenters. The molecule has 0 atom stereocenters. The fraction of sp³-hybridized carbons (Fsp3) is 0. The van der Waals surface area contributed by atoms with E-state index in [9.17, 15) is 18.3 Å². The van der Waals surface area contributed by atoms with E-state index in [2.05, 4.69) is 15.2 Å². The van der Waals surface area contributed by atoms with Gasteiger partial charge in [0, 0.05) is 5.39 Å². The van der Waals surface area contributed by atoms with Crippen LogP contribution in [0.5, 0.6) is 5.88 Å². The second-order valence-corrected chi connectivity index (χ2v) is 6.69. The van der Waals surface area contributed by atoms with E-state index < -0.39 is 16.0 Å². The van der Waals surface area contributed by atoms with Crippen molar-refractivity contribution >= 4 is 38.3 Å². The van der Waals surface area contributed by atoms with E-state index in [-0.39, 0.29) is 22.0 Å². The Morgan fingerprint density at radius 1 is 1.08 bits per heavy atom. The van der Waals surface area contributed by atoms with Crippen LogP contribution in [-0.4, -0.2) is 29.6 Å². The van der Waals surface area contributed by atoms with Crippen molar-refractivity contribution in [2.24, 2.45) is 15.4 Å². The van der Waals surface area contributed by atoms with Gasteiger partial charge in [0.05, 0.1) is 21.7 Å². The van der Waals surface area contributed by atoms with Gasteiger partial charge in [-0.2, -0.15) is 5.11 Å². The van der Waals surface area contributed by atoms with Crippen molar-refractivity contribution in [2.45, 2.75) is 4.90 Å². The Labute approximate surface area is 141 Å². The number of sulfonamides is 1. The summed E-state index contributed by atoms with van der Waals surface area (Å²) in [5.41, 5.74) is 0.950. The molecule has 1 heterocycles. The molecule has 25 heavy (non-hydrogen) atoms. The fourth-order valence-electron chi connectivity index (χ4n) is 2.21. The molecule has 10 heteroatoms. The molecule has 1 aromatic heterocycles. The lowest BCUT2D eigenvalue weighted by molar-refractivity contribution is 0.0697. The van der Waals surface area contributed by atoms with Gasteiger partial charge in [-0.3, -0.25) is 0 Å². The van der Waals surface area contributed by atoms with E-state index in [0.29, 0.717) is 16.6 Å². The van der Waals surface area contributed by atoms with E-state index in [4.69, 9.17) is 10.2 Å². The normalized spacial score (nSPS) is 12.0. The number of aromatic carboxylic acids is 1. The summed E-state index contributed by atoms with van der Waals surface area (Å²) in [4.78, 5) is 13.7. The molecule has 0 saturated carbocycles. The van der Waals surface area contributed by atoms with Crippen LogP contribution in [0.25, 0.3) is 10.9 Å². The zero-order valence-corrected chi connectivity index (χ0v) is 13.4. The molecule has 0 radical (unpaired) electrons. The van der Waals surface area contributed by atoms with Crippen LogP contribution in [0.1, 0.15) is 10.4 Å². The van der Waals surface area contributed by atoms with Gasteiger partial charge in [0.1, 0.15) is 0 Å². The SMILES string of the molecule is NS(=O)(=O)c1ccc(N=Nc2c(O)[nH]c3ccc(C(=O)O)cc23)cc1. The molecule has 0 spiro atoms. The average Bonchev–Trinajstić information content (AvgIpc) is 2.87. The highest BCUT2D eigenvalue weighted by Crippen LogP contribution is 2.36. The maximum absolute atomic E-state index is 11.2. The first-order valence-electron chi connectivity index (χ1n) is 6.88. The van der Waals surface area contributed by atoms with Gasteiger partial charge >= 0.3 is 5.97 Å². The largest absolute Gasteiger partial charge is 0.493 e. The summed E-state index contributed by atoms with van der Waals surface area (Å²) in [6, 6.07) is 9.64. The Hall–Kier alpha value is -3.24. The van der Waals surface area contributed by atoms with Gasteiger partial charge in [-0.05, 0) is 42.5 Å². The molecule has 0 amide bonds. The Kier molecular flexibility index (Phi) is 3.99. The minimum absolute atomic E-state index is 0.0421. The number of H-pyrrole nitrogens is 1. The lowest BCUT2D eigenvalue weighted by Crippen LogP contribution is -2.11. The number of nitrogens with one attached hydrogen (secondary N) is 1. The number of nitrogens with zero attached hydrogens (tertiary/aromatic N) is 2. The van der Waals surface area contributed by atoms with Gasteiger partial charge in [-0.25, -0.2) is 18.4 Å². The number of hydrogen-bond acceptors (Lipinski definition) is 6. The third-order valence-corrected chi connectivity index (χ3v) is 4.36. The smallest absolute Gasteiger partial charge is 0.335 e. The molecule has 0 aliphatic carbocycles. The minimum atomic E-state index is -3.80. The Morgan fingerprint density at radius 3 is 2.36 bits per heavy atom. The van der Waals surface area contributed by atoms with Gasteiger partial charge in [-0.15, -0.1) is 5.11 Å². The predicted molar refractivity (Wildman–Crippen MR) is 88.9 cm³/mol. The molecule has 0 fully saturated rings. The molecule has 3 aromatic rings. The monoisotopic (exact) mass is 360 g/mol. The van der Waals surface area contributed by atoms with E-state index >= 15 is 0 Å². The fourth-order valence-corrected chi connectivity index (χ4v) is 2.72. The molecule has 128 valence electrons. The first-order valence-corrected chi connectivity index (χ1v) is 8.43. The molecule has 0 saturated heterocycles. The van der Waals surface area contributed by atoms with E-state index in [1.807, 2.05) is 0 Å². The summed E-state index contributed by atoms with van der Waals surface area (Å²) in [5.74, 6) is -1.37. The Bertz CT molecular complexity index is 1100. The Balaban J connectivity index is 1.99. The van der Waals surface area contributed by atoms with E-state index in [1.54, 1.807) is 0 Å². The summed E-state index contributed by atoms with van der Waals surface area (Å²) in [5, 5.41) is 32.2. The van der Waals surface area contributed by atoms with Crippen LogP contribution in [0.3, 0.4) is 0 Å². The van der Waals surface area contributed by atoms with Crippen LogP contribution >= 0.6 is 0 Å². The molecule has 9 nitrogen and oxygen atoms in total. The van der Waals surface area contributed by atoms with Gasteiger partial charge in [0.15, 0.2) is 5.69 Å². The summed E-state index contributed by atoms with van der Waals surface area (Å²) in [6.07, 6.45) is 0. The van der Waals surface area contributed by atoms with Gasteiger partial charge in [0.2, 0.25) is 15.9 Å². The first kappa shape index (κ1) is 16.6. The summed E-state index contributed by atoms with van der Waals surface area (Å²) < 4.78 is 22.4. The maximum Gasteiger partial charge on any atom is 0.335 e. The van der Waals surface area contributed by atoms with Crippen molar-refractivity contribution in [1.29, 1.82) is 0 Å². The van der Waals surface area contributed by atoms with Crippen LogP contribution in [0, 0.1) is 0 Å². The number of aromatic nitrogens is 1. The summed E-state index contributed by atoms with van der Waals surface area (Å²) in [6.45, 7) is 0. The molecular weight excluding hydrogens is 348 g/mol. The van der Waals surface area contributed by atoms with Gasteiger partial charge in [0.25, 0.3) is 0 Å². The predicted octanol–water partition coefficient (Wildman–Crippen LogP) is 2.63. The highest BCUT2D eigenvalue weighted by atomic mass is 32.2. The zero-order chi connectivity index (χ0) is 18.2. The molecule has 0 aliphatic rings. The van der Waals surface area contributed by atoms with Crippen molar-refractivity contribution in [2.75, 3.05) is 0 Å². The number of carbonyl (C=O) groups is 1. The highest BCUT2D eigenvalue weighted by molar-refractivity contribution is 7.89. The lowest BCUT2D eigenvalue weighted by atomic mass is 10.1. The summed E-state index contributed by atoms with van der Waals surface area (Å²) >= 11 is 0. The lowest BCUT2D eigenvalue weighted by Gasteiger charge is -1.98. The standard InChI is InChI=1S/C15H12N4O5S/c16-25(23,24)10-4-2-9(3-5-10)18-19-13-11-7-8(15(21)22)1-6-12(11)17-14(13)20/h1-7,17,20H,(H,21,22)(H2,16,23,24). The third kappa shape index (κ3) is 3.34. The van der Waals surface area contributed by atoms with Crippen LogP contribution < -0.4 is 5.14 Å². The third-order valence-electron chi connectivity index (χ3n) is 3.43. The number of hydrogen-bond donors (Lipinski definition) is 4. The molecular formula is C15H12N4O5S. The van der Waals surface area contributed by atoms with Crippen LogP contribution in [0.2, 0.25) is 0 Å².